The fraction of sp³-hybridized carbons (Fsp3) is 0.467. The zero-order valence-electron chi connectivity index (χ0n) is 11.4. The van der Waals surface area contributed by atoms with E-state index in [2.05, 4.69) is 71.3 Å². The van der Waals surface area contributed by atoms with Crippen molar-refractivity contribution in [2.45, 2.75) is 40.2 Å². The molecule has 0 aromatic heterocycles. The number of nitrogens with zero attached hydrogens (tertiary/aromatic N) is 1. The zero-order chi connectivity index (χ0) is 12.5. The maximum Gasteiger partial charge on any atom is 0.0444 e. The molecule has 1 heteroatoms. The van der Waals surface area contributed by atoms with Crippen LogP contribution < -0.4 is 4.90 Å². The maximum absolute atomic E-state index is 4.06. The van der Waals surface area contributed by atoms with Gasteiger partial charge >= 0.3 is 0 Å². The fourth-order valence-corrected chi connectivity index (χ4v) is 1.65. The first-order chi connectivity index (χ1) is 7.23. The van der Waals surface area contributed by atoms with Crippen molar-refractivity contribution in [3.05, 3.63) is 35.9 Å². The molecule has 1 aromatic rings. The Morgan fingerprint density at radius 3 is 2.25 bits per heavy atom. The average molecular weight is 217 g/mol. The molecule has 0 saturated carbocycles. The predicted molar refractivity (Wildman–Crippen MR) is 74.0 cm³/mol. The number of rotatable bonds is 2. The minimum atomic E-state index is 0.124. The van der Waals surface area contributed by atoms with Crippen LogP contribution in [-0.2, 0) is 0 Å². The number of hydrogen-bond donors (Lipinski definition) is 0. The van der Waals surface area contributed by atoms with Crippen molar-refractivity contribution >= 4 is 11.3 Å². The standard InChI is InChI=1S/C15H23N/c1-11(2)13-10-12(3)8-9-14(13)16(7)15(4,5)6/h8-10H,1H2,2-7H3. The molecule has 0 aliphatic carbocycles. The van der Waals surface area contributed by atoms with Crippen LogP contribution in [-0.4, -0.2) is 12.6 Å². The summed E-state index contributed by atoms with van der Waals surface area (Å²) in [6, 6.07) is 6.55. The molecule has 1 aromatic carbocycles. The summed E-state index contributed by atoms with van der Waals surface area (Å²) in [5.41, 5.74) is 5.03. The van der Waals surface area contributed by atoms with Crippen LogP contribution in [0.1, 0.15) is 38.8 Å². The summed E-state index contributed by atoms with van der Waals surface area (Å²) >= 11 is 0. The van der Waals surface area contributed by atoms with Crippen LogP contribution in [0.4, 0.5) is 5.69 Å². The van der Waals surface area contributed by atoms with Crippen LogP contribution in [0.15, 0.2) is 24.8 Å². The van der Waals surface area contributed by atoms with E-state index in [9.17, 15) is 0 Å². The third kappa shape index (κ3) is 2.66. The van der Waals surface area contributed by atoms with Crippen molar-refractivity contribution in [2.24, 2.45) is 0 Å². The Bertz CT molecular complexity index is 396. The molecule has 0 atom stereocenters. The molecule has 0 saturated heterocycles. The van der Waals surface area contributed by atoms with E-state index in [1.807, 2.05) is 0 Å². The van der Waals surface area contributed by atoms with Crippen LogP contribution in [0.25, 0.3) is 5.57 Å². The fourth-order valence-electron chi connectivity index (χ4n) is 1.65. The molecule has 0 spiro atoms. The topological polar surface area (TPSA) is 3.24 Å². The van der Waals surface area contributed by atoms with Gasteiger partial charge in [0.1, 0.15) is 0 Å². The van der Waals surface area contributed by atoms with Gasteiger partial charge in [0.05, 0.1) is 0 Å². The van der Waals surface area contributed by atoms with Crippen molar-refractivity contribution in [1.29, 1.82) is 0 Å². The van der Waals surface area contributed by atoms with E-state index < -0.39 is 0 Å². The number of benzene rings is 1. The van der Waals surface area contributed by atoms with Crippen molar-refractivity contribution < 1.29 is 0 Å². The Kier molecular flexibility index (Phi) is 3.47. The Labute approximate surface area is 99.8 Å². The van der Waals surface area contributed by atoms with Gasteiger partial charge in [0.2, 0.25) is 0 Å². The molecular weight excluding hydrogens is 194 g/mol. The van der Waals surface area contributed by atoms with Gasteiger partial charge in [0.25, 0.3) is 0 Å². The van der Waals surface area contributed by atoms with E-state index in [1.54, 1.807) is 0 Å². The zero-order valence-corrected chi connectivity index (χ0v) is 11.4. The Balaban J connectivity index is 3.28. The van der Waals surface area contributed by atoms with Crippen molar-refractivity contribution in [1.82, 2.24) is 0 Å². The molecule has 0 aliphatic heterocycles. The molecule has 0 aliphatic rings. The van der Waals surface area contributed by atoms with Gasteiger partial charge in [-0.3, -0.25) is 0 Å². The number of aryl methyl sites for hydroxylation is 1. The quantitative estimate of drug-likeness (QED) is 0.715. The van der Waals surface area contributed by atoms with E-state index >= 15 is 0 Å². The van der Waals surface area contributed by atoms with Crippen molar-refractivity contribution in [2.75, 3.05) is 11.9 Å². The predicted octanol–water partition coefficient (Wildman–Crippen LogP) is 4.26. The first kappa shape index (κ1) is 12.8. The number of hydrogen-bond acceptors (Lipinski definition) is 1. The highest BCUT2D eigenvalue weighted by molar-refractivity contribution is 5.75. The lowest BCUT2D eigenvalue weighted by Gasteiger charge is -2.35. The number of allylic oxidation sites excluding steroid dienone is 1. The molecule has 88 valence electrons. The lowest BCUT2D eigenvalue weighted by molar-refractivity contribution is 0.538. The Morgan fingerprint density at radius 2 is 1.81 bits per heavy atom. The van der Waals surface area contributed by atoms with E-state index in [-0.39, 0.29) is 5.54 Å². The highest BCUT2D eigenvalue weighted by Gasteiger charge is 2.19. The first-order valence-electron chi connectivity index (χ1n) is 5.74. The smallest absolute Gasteiger partial charge is 0.0444 e. The first-order valence-corrected chi connectivity index (χ1v) is 5.74. The minimum absolute atomic E-state index is 0.124. The summed E-state index contributed by atoms with van der Waals surface area (Å²) < 4.78 is 0. The van der Waals surface area contributed by atoms with Crippen LogP contribution in [0.2, 0.25) is 0 Å². The molecule has 0 amide bonds. The monoisotopic (exact) mass is 217 g/mol. The van der Waals surface area contributed by atoms with Crippen LogP contribution in [0, 0.1) is 6.92 Å². The van der Waals surface area contributed by atoms with E-state index in [1.165, 1.54) is 16.8 Å². The Morgan fingerprint density at radius 1 is 1.25 bits per heavy atom. The van der Waals surface area contributed by atoms with Gasteiger partial charge in [-0.05, 0) is 52.3 Å². The summed E-state index contributed by atoms with van der Waals surface area (Å²) in [5.74, 6) is 0. The minimum Gasteiger partial charge on any atom is -0.369 e. The summed E-state index contributed by atoms with van der Waals surface area (Å²) in [7, 11) is 2.14. The lowest BCUT2D eigenvalue weighted by atomic mass is 9.99. The summed E-state index contributed by atoms with van der Waals surface area (Å²) in [4.78, 5) is 2.30. The van der Waals surface area contributed by atoms with Crippen LogP contribution in [0.5, 0.6) is 0 Å². The second-order valence-corrected chi connectivity index (χ2v) is 5.53. The molecule has 0 fully saturated rings. The average Bonchev–Trinajstić information content (AvgIpc) is 2.15. The molecular formula is C15H23N. The van der Waals surface area contributed by atoms with E-state index in [0.29, 0.717) is 0 Å². The largest absolute Gasteiger partial charge is 0.369 e. The van der Waals surface area contributed by atoms with Gasteiger partial charge in [0, 0.05) is 23.8 Å². The highest BCUT2D eigenvalue weighted by Crippen LogP contribution is 2.30. The van der Waals surface area contributed by atoms with Gasteiger partial charge < -0.3 is 4.90 Å². The highest BCUT2D eigenvalue weighted by atomic mass is 15.2. The van der Waals surface area contributed by atoms with Gasteiger partial charge in [-0.25, -0.2) is 0 Å². The summed E-state index contributed by atoms with van der Waals surface area (Å²) in [6.45, 7) is 14.9. The van der Waals surface area contributed by atoms with Gasteiger partial charge in [0.15, 0.2) is 0 Å². The SMILES string of the molecule is C=C(C)c1cc(C)ccc1N(C)C(C)(C)C. The molecule has 0 N–H and O–H groups in total. The second kappa shape index (κ2) is 4.32. The molecule has 16 heavy (non-hydrogen) atoms. The molecule has 1 rings (SSSR count). The summed E-state index contributed by atoms with van der Waals surface area (Å²) in [6.07, 6.45) is 0. The third-order valence-electron chi connectivity index (χ3n) is 2.98. The molecule has 0 radical (unpaired) electrons. The molecule has 1 nitrogen and oxygen atoms in total. The summed E-state index contributed by atoms with van der Waals surface area (Å²) in [5, 5.41) is 0. The number of anilines is 1. The van der Waals surface area contributed by atoms with E-state index in [4.69, 9.17) is 0 Å². The van der Waals surface area contributed by atoms with Crippen molar-refractivity contribution in [3.8, 4) is 0 Å². The molecule has 0 bridgehead atoms. The van der Waals surface area contributed by atoms with Crippen LogP contribution in [0.3, 0.4) is 0 Å². The van der Waals surface area contributed by atoms with Crippen molar-refractivity contribution in [3.63, 3.8) is 0 Å². The molecule has 0 heterocycles. The maximum atomic E-state index is 4.06. The van der Waals surface area contributed by atoms with Gasteiger partial charge in [-0.1, -0.05) is 18.2 Å². The normalized spacial score (nSPS) is 11.4. The van der Waals surface area contributed by atoms with E-state index in [0.717, 1.165) is 5.57 Å². The van der Waals surface area contributed by atoms with Gasteiger partial charge in [-0.15, -0.1) is 0 Å². The van der Waals surface area contributed by atoms with Crippen LogP contribution >= 0.6 is 0 Å². The lowest BCUT2D eigenvalue weighted by Crippen LogP contribution is -2.38. The molecule has 0 unspecified atom stereocenters. The Hall–Kier alpha value is -1.24. The van der Waals surface area contributed by atoms with Gasteiger partial charge in [-0.2, -0.15) is 0 Å². The third-order valence-corrected chi connectivity index (χ3v) is 2.98. The second-order valence-electron chi connectivity index (χ2n) is 5.53.